The number of aliphatic imine (C=N–C) groups is 1. The molecule has 8 nitrogen and oxygen atoms in total. The summed E-state index contributed by atoms with van der Waals surface area (Å²) in [6.07, 6.45) is 1.73. The molecule has 24 heavy (non-hydrogen) atoms. The van der Waals surface area contributed by atoms with Crippen LogP contribution in [0.1, 0.15) is 5.69 Å². The van der Waals surface area contributed by atoms with E-state index >= 15 is 0 Å². The predicted octanol–water partition coefficient (Wildman–Crippen LogP) is 0.945. The molecule has 0 N–H and O–H groups in total. The Morgan fingerprint density at radius 3 is 2.79 bits per heavy atom. The van der Waals surface area contributed by atoms with Gasteiger partial charge < -0.3 is 0 Å². The van der Waals surface area contributed by atoms with Crippen molar-refractivity contribution in [3.63, 3.8) is 0 Å². The van der Waals surface area contributed by atoms with Gasteiger partial charge in [-0.1, -0.05) is 11.8 Å². The van der Waals surface area contributed by atoms with Crippen molar-refractivity contribution in [2.45, 2.75) is 18.1 Å². The molecule has 1 fully saturated rings. The quantitative estimate of drug-likeness (QED) is 0.318. The van der Waals surface area contributed by atoms with E-state index in [1.54, 1.807) is 13.2 Å². The number of likely N-dealkylation sites (N-methyl/N-ethyl adjacent to an activating group) is 2. The number of nitrogens with zero attached hydrogens (tertiary/aromatic N) is 6. The zero-order valence-corrected chi connectivity index (χ0v) is 15.8. The Hall–Kier alpha value is -1.81. The van der Waals surface area contributed by atoms with Crippen molar-refractivity contribution in [2.24, 2.45) is 4.99 Å². The third-order valence-electron chi connectivity index (χ3n) is 3.82. The molecule has 10 heteroatoms. The normalized spacial score (nSPS) is 20.7. The summed E-state index contributed by atoms with van der Waals surface area (Å²) in [5, 5.41) is 0.700. The molecule has 0 aromatic carbocycles. The first kappa shape index (κ1) is 17.0. The van der Waals surface area contributed by atoms with Crippen LogP contribution in [0.5, 0.6) is 0 Å². The van der Waals surface area contributed by atoms with Crippen molar-refractivity contribution in [1.82, 2.24) is 19.8 Å². The topological polar surface area (TPSA) is 81.8 Å². The van der Waals surface area contributed by atoms with Crippen LogP contribution in [0.3, 0.4) is 0 Å². The number of aryl methyl sites for hydroxylation is 1. The summed E-state index contributed by atoms with van der Waals surface area (Å²) >= 11 is 4.91. The van der Waals surface area contributed by atoms with E-state index < -0.39 is 6.04 Å². The zero-order valence-electron chi connectivity index (χ0n) is 13.4. The molecule has 3 heterocycles. The average Bonchev–Trinajstić information content (AvgIpc) is 2.88. The van der Waals surface area contributed by atoms with Crippen molar-refractivity contribution in [1.29, 1.82) is 0 Å². The number of carbonyl (C=O) groups is 2. The van der Waals surface area contributed by atoms with Gasteiger partial charge in [0.25, 0.3) is 17.8 Å². The van der Waals surface area contributed by atoms with E-state index in [4.69, 9.17) is 0 Å². The second kappa shape index (κ2) is 6.60. The molecular formula is C14H16BrN6O2S+. The van der Waals surface area contributed by atoms with Crippen molar-refractivity contribution in [2.75, 3.05) is 26.4 Å². The standard InChI is InChI=1S/C14H16BrN6O2S/c1-8-4-5-16-13(17-8)24-7-6-21-9-10(18-12(21)15)19(2)14(23)20(3)11(9)22/h4-5,9H,6-7H2,1-3H3/q+1. The molecular weight excluding hydrogens is 396 g/mol. The summed E-state index contributed by atoms with van der Waals surface area (Å²) in [5.74, 6) is 0.863. The van der Waals surface area contributed by atoms with E-state index in [9.17, 15) is 9.59 Å². The second-order valence-electron chi connectivity index (χ2n) is 5.40. The van der Waals surface area contributed by atoms with Crippen molar-refractivity contribution in [3.05, 3.63) is 18.0 Å². The maximum absolute atomic E-state index is 12.5. The first-order chi connectivity index (χ1) is 11.4. The summed E-state index contributed by atoms with van der Waals surface area (Å²) in [6.45, 7) is 2.49. The van der Waals surface area contributed by atoms with E-state index in [0.29, 0.717) is 28.0 Å². The van der Waals surface area contributed by atoms with Gasteiger partial charge in [-0.15, -0.1) is 0 Å². The Bertz CT molecular complexity index is 780. The Balaban J connectivity index is 1.72. The third-order valence-corrected chi connectivity index (χ3v) is 5.29. The predicted molar refractivity (Wildman–Crippen MR) is 93.7 cm³/mol. The lowest BCUT2D eigenvalue weighted by atomic mass is 10.1. The van der Waals surface area contributed by atoms with E-state index in [-0.39, 0.29) is 11.9 Å². The number of thioether (sulfide) groups is 1. The third kappa shape index (κ3) is 2.95. The average molecular weight is 412 g/mol. The molecule has 2 aliphatic heterocycles. The fraction of sp³-hybridized carbons (Fsp3) is 0.429. The lowest BCUT2D eigenvalue weighted by Crippen LogP contribution is -2.61. The number of carbonyl (C=O) groups excluding carboxylic acids is 2. The summed E-state index contributed by atoms with van der Waals surface area (Å²) in [5.41, 5.74) is 0.913. The first-order valence-corrected chi connectivity index (χ1v) is 9.03. The Morgan fingerprint density at radius 1 is 1.33 bits per heavy atom. The largest absolute Gasteiger partial charge is 0.364 e. The number of hydrogen-bond acceptors (Lipinski definition) is 6. The van der Waals surface area contributed by atoms with Crippen LogP contribution in [0.4, 0.5) is 4.79 Å². The van der Waals surface area contributed by atoms with Crippen LogP contribution in [0.2, 0.25) is 0 Å². The first-order valence-electron chi connectivity index (χ1n) is 7.25. The van der Waals surface area contributed by atoms with Crippen molar-refractivity contribution >= 4 is 50.2 Å². The monoisotopic (exact) mass is 411 g/mol. The van der Waals surface area contributed by atoms with Crippen LogP contribution >= 0.6 is 27.7 Å². The Morgan fingerprint density at radius 2 is 2.08 bits per heavy atom. The van der Waals surface area contributed by atoms with Crippen LogP contribution in [0, 0.1) is 6.92 Å². The highest BCUT2D eigenvalue weighted by atomic mass is 79.9. The van der Waals surface area contributed by atoms with Crippen LogP contribution in [0.15, 0.2) is 22.4 Å². The molecule has 0 aliphatic carbocycles. The summed E-state index contributed by atoms with van der Waals surface area (Å²) in [4.78, 5) is 39.9. The minimum absolute atomic E-state index is 0.275. The van der Waals surface area contributed by atoms with Crippen LogP contribution < -0.4 is 0 Å². The van der Waals surface area contributed by atoms with Gasteiger partial charge in [-0.05, 0) is 18.0 Å². The number of halogens is 1. The number of urea groups is 1. The van der Waals surface area contributed by atoms with Gasteiger partial charge in [0.2, 0.25) is 0 Å². The lowest BCUT2D eigenvalue weighted by Gasteiger charge is -2.30. The number of hydrogen-bond donors (Lipinski definition) is 0. The molecule has 126 valence electrons. The van der Waals surface area contributed by atoms with E-state index in [2.05, 4.69) is 30.9 Å². The highest BCUT2D eigenvalue weighted by Crippen LogP contribution is 2.21. The molecule has 0 bridgehead atoms. The van der Waals surface area contributed by atoms with Gasteiger partial charge in [0.1, 0.15) is 0 Å². The maximum Gasteiger partial charge on any atom is 0.364 e. The fourth-order valence-corrected chi connectivity index (χ4v) is 3.90. The highest BCUT2D eigenvalue weighted by molar-refractivity contribution is 9.18. The maximum atomic E-state index is 12.5. The molecule has 1 aromatic rings. The van der Waals surface area contributed by atoms with Crippen molar-refractivity contribution < 1.29 is 14.2 Å². The van der Waals surface area contributed by atoms with Crippen LogP contribution in [0.25, 0.3) is 0 Å². The molecule has 0 saturated carbocycles. The molecule has 1 saturated heterocycles. The number of rotatable bonds is 4. The van der Waals surface area contributed by atoms with E-state index in [1.807, 2.05) is 17.6 Å². The molecule has 1 aromatic heterocycles. The number of imide groups is 1. The van der Waals surface area contributed by atoms with Gasteiger partial charge in [0, 0.05) is 31.7 Å². The minimum Gasteiger partial charge on any atom is -0.269 e. The fourth-order valence-electron chi connectivity index (χ4n) is 2.52. The van der Waals surface area contributed by atoms with Gasteiger partial charge in [0.05, 0.1) is 22.5 Å². The van der Waals surface area contributed by atoms with Crippen molar-refractivity contribution in [3.8, 4) is 0 Å². The molecule has 1 unspecified atom stereocenters. The van der Waals surface area contributed by atoms with Crippen LogP contribution in [-0.2, 0) is 4.79 Å². The molecule has 0 radical (unpaired) electrons. The number of fused-ring (bicyclic) bond motifs is 1. The van der Waals surface area contributed by atoms with Crippen LogP contribution in [-0.4, -0.2) is 79.3 Å². The van der Waals surface area contributed by atoms with E-state index in [1.165, 1.54) is 23.7 Å². The lowest BCUT2D eigenvalue weighted by molar-refractivity contribution is -0.527. The minimum atomic E-state index is -0.578. The van der Waals surface area contributed by atoms with Gasteiger partial charge in [-0.3, -0.25) is 14.6 Å². The van der Waals surface area contributed by atoms with Gasteiger partial charge in [0.15, 0.2) is 5.16 Å². The summed E-state index contributed by atoms with van der Waals surface area (Å²) in [7, 11) is 3.11. The summed E-state index contributed by atoms with van der Waals surface area (Å²) < 4.78 is 2.40. The molecule has 2 aliphatic rings. The molecule has 3 amide bonds. The SMILES string of the molecule is Cc1ccnc(SCC[N+]2=C(Br)N=C3C2C(=O)N(C)C(=O)N3C)n1. The van der Waals surface area contributed by atoms with Gasteiger partial charge >= 0.3 is 10.8 Å². The zero-order chi connectivity index (χ0) is 17.4. The highest BCUT2D eigenvalue weighted by Gasteiger charge is 2.52. The molecule has 0 spiro atoms. The number of aromatic nitrogens is 2. The number of amides is 3. The molecule has 1 atom stereocenters. The smallest absolute Gasteiger partial charge is 0.269 e. The van der Waals surface area contributed by atoms with Gasteiger partial charge in [-0.25, -0.2) is 19.3 Å². The number of amidine groups is 2. The Labute approximate surface area is 151 Å². The van der Waals surface area contributed by atoms with Gasteiger partial charge in [-0.2, -0.15) is 0 Å². The summed E-state index contributed by atoms with van der Waals surface area (Å²) in [6, 6.07) is 0.893. The molecule has 3 rings (SSSR count). The second-order valence-corrected chi connectivity index (χ2v) is 7.17. The van der Waals surface area contributed by atoms with E-state index in [0.717, 1.165) is 10.6 Å². The Kier molecular flexibility index (Phi) is 4.68.